The maximum absolute atomic E-state index is 10.0. The lowest BCUT2D eigenvalue weighted by Crippen LogP contribution is -2.14. The minimum Gasteiger partial charge on any atom is -0.480 e. The molecule has 1 atom stereocenters. The Balaban J connectivity index is 3.27. The Kier molecular flexibility index (Phi) is 4.65. The van der Waals surface area contributed by atoms with Gasteiger partial charge in [0.1, 0.15) is 4.83 Å². The Morgan fingerprint density at radius 2 is 2.33 bits per heavy atom. The molecule has 0 spiro atoms. The van der Waals surface area contributed by atoms with Gasteiger partial charge in [-0.05, 0) is 6.42 Å². The number of carboxylic acid groups (broad SMARTS) is 1. The first-order chi connectivity index (χ1) is 4.18. The van der Waals surface area contributed by atoms with Gasteiger partial charge < -0.3 is 5.11 Å². The molecule has 2 N–H and O–H groups in total. The second-order valence-corrected chi connectivity index (χ2v) is 2.53. The number of rotatable bonds is 4. The lowest BCUT2D eigenvalue weighted by Gasteiger charge is -1.99. The van der Waals surface area contributed by atoms with Gasteiger partial charge in [0.05, 0.1) is 6.61 Å². The van der Waals surface area contributed by atoms with Crippen LogP contribution in [-0.2, 0) is 9.68 Å². The van der Waals surface area contributed by atoms with Gasteiger partial charge >= 0.3 is 5.97 Å². The molecule has 0 saturated heterocycles. The number of carboxylic acids is 1. The summed E-state index contributed by atoms with van der Waals surface area (Å²) in [6.45, 7) is 0.0300. The molecule has 0 aromatic rings. The molecule has 0 rings (SSSR count). The van der Waals surface area contributed by atoms with Crippen molar-refractivity contribution >= 4 is 21.9 Å². The Hall–Kier alpha value is -0.130. The summed E-state index contributed by atoms with van der Waals surface area (Å²) in [5, 5.41) is 16.0. The molecule has 0 aliphatic carbocycles. The van der Waals surface area contributed by atoms with Gasteiger partial charge in [-0.2, -0.15) is 0 Å². The first-order valence-electron chi connectivity index (χ1n) is 2.31. The van der Waals surface area contributed by atoms with Crippen LogP contribution in [0.3, 0.4) is 0 Å². The van der Waals surface area contributed by atoms with E-state index in [-0.39, 0.29) is 13.0 Å². The molecular weight excluding hydrogens is 192 g/mol. The lowest BCUT2D eigenvalue weighted by molar-refractivity contribution is -0.242. The zero-order chi connectivity index (χ0) is 7.28. The van der Waals surface area contributed by atoms with Crippen molar-refractivity contribution in [2.24, 2.45) is 0 Å². The molecule has 0 saturated carbocycles. The van der Waals surface area contributed by atoms with E-state index < -0.39 is 10.8 Å². The van der Waals surface area contributed by atoms with Crippen LogP contribution in [0.1, 0.15) is 6.42 Å². The molecule has 0 aromatic heterocycles. The molecule has 0 fully saturated rings. The Morgan fingerprint density at radius 3 is 2.67 bits per heavy atom. The Morgan fingerprint density at radius 1 is 1.78 bits per heavy atom. The molecule has 0 heterocycles. The predicted molar refractivity (Wildman–Crippen MR) is 33.5 cm³/mol. The fourth-order valence-corrected chi connectivity index (χ4v) is 0.467. The van der Waals surface area contributed by atoms with Crippen LogP contribution < -0.4 is 0 Å². The first-order valence-corrected chi connectivity index (χ1v) is 3.23. The van der Waals surface area contributed by atoms with Gasteiger partial charge in [-0.25, -0.2) is 4.89 Å². The van der Waals surface area contributed by atoms with Gasteiger partial charge in [-0.15, -0.1) is 0 Å². The number of hydrogen-bond donors (Lipinski definition) is 2. The highest BCUT2D eigenvalue weighted by Gasteiger charge is 2.11. The van der Waals surface area contributed by atoms with Crippen LogP contribution in [0.2, 0.25) is 0 Å². The molecule has 0 bridgehead atoms. The molecule has 5 heteroatoms. The van der Waals surface area contributed by atoms with E-state index in [4.69, 9.17) is 10.4 Å². The third-order valence-corrected chi connectivity index (χ3v) is 1.58. The van der Waals surface area contributed by atoms with Crippen molar-refractivity contribution in [1.29, 1.82) is 0 Å². The topological polar surface area (TPSA) is 66.8 Å². The maximum Gasteiger partial charge on any atom is 0.317 e. The van der Waals surface area contributed by atoms with Gasteiger partial charge in [0.2, 0.25) is 0 Å². The van der Waals surface area contributed by atoms with E-state index >= 15 is 0 Å². The van der Waals surface area contributed by atoms with Crippen molar-refractivity contribution in [3.05, 3.63) is 0 Å². The zero-order valence-electron chi connectivity index (χ0n) is 4.58. The van der Waals surface area contributed by atoms with E-state index in [2.05, 4.69) is 20.8 Å². The van der Waals surface area contributed by atoms with E-state index in [9.17, 15) is 4.79 Å². The van der Waals surface area contributed by atoms with Crippen molar-refractivity contribution in [1.82, 2.24) is 0 Å². The van der Waals surface area contributed by atoms with Crippen molar-refractivity contribution in [3.8, 4) is 0 Å². The predicted octanol–water partition coefficient (Wildman–Crippen LogP) is 0.714. The number of halogens is 1. The van der Waals surface area contributed by atoms with Crippen molar-refractivity contribution in [2.45, 2.75) is 11.2 Å². The van der Waals surface area contributed by atoms with Crippen LogP contribution in [-0.4, -0.2) is 27.8 Å². The number of hydrogen-bond acceptors (Lipinski definition) is 3. The van der Waals surface area contributed by atoms with Gasteiger partial charge in [0, 0.05) is 0 Å². The monoisotopic (exact) mass is 198 g/mol. The summed E-state index contributed by atoms with van der Waals surface area (Å²) < 4.78 is 0. The van der Waals surface area contributed by atoms with E-state index in [1.807, 2.05) is 0 Å². The van der Waals surface area contributed by atoms with Crippen LogP contribution >= 0.6 is 15.9 Å². The summed E-state index contributed by atoms with van der Waals surface area (Å²) >= 11 is 2.85. The first kappa shape index (κ1) is 8.87. The van der Waals surface area contributed by atoms with Gasteiger partial charge in [-0.1, -0.05) is 15.9 Å². The fourth-order valence-electron chi connectivity index (χ4n) is 0.280. The normalized spacial score (nSPS) is 13.1. The molecule has 0 radical (unpaired) electrons. The average molecular weight is 199 g/mol. The third kappa shape index (κ3) is 4.38. The molecule has 4 nitrogen and oxygen atoms in total. The summed E-state index contributed by atoms with van der Waals surface area (Å²) in [5.74, 6) is -0.952. The molecule has 9 heavy (non-hydrogen) atoms. The van der Waals surface area contributed by atoms with E-state index in [0.29, 0.717) is 0 Å². The van der Waals surface area contributed by atoms with Crippen molar-refractivity contribution in [3.63, 3.8) is 0 Å². The summed E-state index contributed by atoms with van der Waals surface area (Å²) in [5.41, 5.74) is 0. The Labute approximate surface area is 60.5 Å². The summed E-state index contributed by atoms with van der Waals surface area (Å²) in [6, 6.07) is 0. The molecular formula is C4H7BrO4. The highest BCUT2D eigenvalue weighted by Crippen LogP contribution is 2.03. The summed E-state index contributed by atoms with van der Waals surface area (Å²) in [4.78, 5) is 13.1. The molecule has 1 unspecified atom stereocenters. The third-order valence-electron chi connectivity index (χ3n) is 0.731. The number of aliphatic carboxylic acids is 1. The van der Waals surface area contributed by atoms with Crippen LogP contribution in [0.25, 0.3) is 0 Å². The second-order valence-electron chi connectivity index (χ2n) is 1.43. The largest absolute Gasteiger partial charge is 0.480 e. The smallest absolute Gasteiger partial charge is 0.317 e. The fraction of sp³-hybridized carbons (Fsp3) is 0.750. The molecule has 0 aliphatic rings. The number of alkyl halides is 1. The standard InChI is InChI=1S/C4H7BrO4/c5-3(4(6)7)1-2-9-8/h3,8H,1-2H2,(H,6,7). The van der Waals surface area contributed by atoms with Crippen molar-refractivity contribution in [2.75, 3.05) is 6.61 Å². The van der Waals surface area contributed by atoms with Gasteiger partial charge in [-0.3, -0.25) is 10.1 Å². The van der Waals surface area contributed by atoms with Crippen LogP contribution in [0.15, 0.2) is 0 Å². The Bertz CT molecular complexity index is 94.6. The SMILES string of the molecule is O=C(O)C(Br)CCOO. The highest BCUT2D eigenvalue weighted by atomic mass is 79.9. The zero-order valence-corrected chi connectivity index (χ0v) is 6.17. The molecule has 54 valence electrons. The minimum absolute atomic E-state index is 0.0300. The van der Waals surface area contributed by atoms with Crippen molar-refractivity contribution < 1.29 is 20.0 Å². The van der Waals surface area contributed by atoms with E-state index in [0.717, 1.165) is 0 Å². The average Bonchev–Trinajstić information content (AvgIpc) is 1.82. The van der Waals surface area contributed by atoms with Crippen LogP contribution in [0.4, 0.5) is 0 Å². The van der Waals surface area contributed by atoms with E-state index in [1.165, 1.54) is 0 Å². The highest BCUT2D eigenvalue weighted by molar-refractivity contribution is 9.10. The maximum atomic E-state index is 10.0. The molecule has 0 amide bonds. The van der Waals surface area contributed by atoms with Gasteiger partial charge in [0.25, 0.3) is 0 Å². The van der Waals surface area contributed by atoms with Gasteiger partial charge in [0.15, 0.2) is 0 Å². The van der Waals surface area contributed by atoms with E-state index in [1.54, 1.807) is 0 Å². The lowest BCUT2D eigenvalue weighted by atomic mass is 10.3. The van der Waals surface area contributed by atoms with Crippen LogP contribution in [0, 0.1) is 0 Å². The molecule has 0 aliphatic heterocycles. The summed E-state index contributed by atoms with van der Waals surface area (Å²) in [7, 11) is 0. The second kappa shape index (κ2) is 4.72. The van der Waals surface area contributed by atoms with Crippen LogP contribution in [0.5, 0.6) is 0 Å². The minimum atomic E-state index is -0.952. The molecule has 0 aromatic carbocycles. The summed E-state index contributed by atoms with van der Waals surface area (Å²) in [6.07, 6.45) is 0.256. The number of carbonyl (C=O) groups is 1. The quantitative estimate of drug-likeness (QED) is 0.397.